The molecule has 7 nitrogen and oxygen atoms in total. The van der Waals surface area contributed by atoms with Crippen molar-refractivity contribution in [3.8, 4) is 11.5 Å². The fourth-order valence-electron chi connectivity index (χ4n) is 2.92. The Bertz CT molecular complexity index is 705. The Morgan fingerprint density at radius 2 is 2.16 bits per heavy atom. The first-order valence-corrected chi connectivity index (χ1v) is 9.35. The smallest absolute Gasteiger partial charge is 0.313 e. The number of rotatable bonds is 7. The third kappa shape index (κ3) is 4.73. The van der Waals surface area contributed by atoms with Gasteiger partial charge in [0.2, 0.25) is 11.8 Å². The highest BCUT2D eigenvalue weighted by atomic mass is 32.1. The van der Waals surface area contributed by atoms with Crippen LogP contribution in [0.5, 0.6) is 0 Å². The van der Waals surface area contributed by atoms with Gasteiger partial charge in [-0.05, 0) is 44.3 Å². The second-order valence-electron chi connectivity index (χ2n) is 6.03. The number of carbonyl (C=O) groups is 2. The first kappa shape index (κ1) is 17.8. The van der Waals surface area contributed by atoms with Crippen LogP contribution in [0.2, 0.25) is 0 Å². The molecule has 0 aliphatic carbocycles. The molecule has 8 heteroatoms. The largest absolute Gasteiger partial charge is 0.466 e. The lowest BCUT2D eigenvalue weighted by molar-refractivity contribution is -0.145. The quantitative estimate of drug-likeness (QED) is 0.552. The van der Waals surface area contributed by atoms with Gasteiger partial charge in [-0.1, -0.05) is 0 Å². The van der Waals surface area contributed by atoms with E-state index in [1.807, 2.05) is 16.8 Å². The van der Waals surface area contributed by atoms with E-state index in [0.29, 0.717) is 18.4 Å². The lowest BCUT2D eigenvalue weighted by Gasteiger charge is -2.29. The average molecular weight is 363 g/mol. The maximum absolute atomic E-state index is 11.9. The summed E-state index contributed by atoms with van der Waals surface area (Å²) in [5, 5.41) is 12.3. The van der Waals surface area contributed by atoms with Crippen LogP contribution in [0.3, 0.4) is 0 Å². The van der Waals surface area contributed by atoms with Crippen LogP contribution >= 0.6 is 11.3 Å². The number of likely N-dealkylation sites (tertiary alicyclic amines) is 1. The zero-order chi connectivity index (χ0) is 17.6. The number of thiophene rings is 1. The minimum absolute atomic E-state index is 0.102. The number of nitrogens with zero attached hydrogens (tertiary/aromatic N) is 3. The van der Waals surface area contributed by atoms with Gasteiger partial charge in [0.25, 0.3) is 0 Å². The van der Waals surface area contributed by atoms with Crippen LogP contribution in [0, 0.1) is 0 Å². The predicted octanol–water partition coefficient (Wildman–Crippen LogP) is 2.50. The normalized spacial score (nSPS) is 16.0. The van der Waals surface area contributed by atoms with Crippen LogP contribution in [-0.4, -0.2) is 53.1 Å². The average Bonchev–Trinajstić information content (AvgIpc) is 3.27. The van der Waals surface area contributed by atoms with Crippen LogP contribution < -0.4 is 0 Å². The third-order valence-corrected chi connectivity index (χ3v) is 4.88. The van der Waals surface area contributed by atoms with Crippen LogP contribution in [0.15, 0.2) is 21.2 Å². The summed E-state index contributed by atoms with van der Waals surface area (Å²) in [7, 11) is 0. The summed E-state index contributed by atoms with van der Waals surface area (Å²) >= 11 is 1.59. The predicted molar refractivity (Wildman–Crippen MR) is 92.3 cm³/mol. The first-order chi connectivity index (χ1) is 12.2. The van der Waals surface area contributed by atoms with Crippen LogP contribution in [-0.2, 0) is 14.3 Å². The molecule has 0 unspecified atom stereocenters. The zero-order valence-electron chi connectivity index (χ0n) is 14.1. The highest BCUT2D eigenvalue weighted by Crippen LogP contribution is 2.29. The summed E-state index contributed by atoms with van der Waals surface area (Å²) in [6.07, 6.45) is 1.57. The van der Waals surface area contributed by atoms with Crippen molar-refractivity contribution in [3.05, 3.63) is 22.7 Å². The van der Waals surface area contributed by atoms with E-state index in [9.17, 15) is 9.59 Å². The summed E-state index contributed by atoms with van der Waals surface area (Å²) in [5.74, 6) is 0.891. The van der Waals surface area contributed by atoms with Gasteiger partial charge in [-0.2, -0.15) is 11.3 Å². The number of hydrogen-bond donors (Lipinski definition) is 0. The molecule has 0 saturated carbocycles. The van der Waals surface area contributed by atoms with Gasteiger partial charge in [-0.15, -0.1) is 10.2 Å². The van der Waals surface area contributed by atoms with E-state index >= 15 is 0 Å². The Kier molecular flexibility index (Phi) is 5.93. The van der Waals surface area contributed by atoms with Crippen molar-refractivity contribution >= 4 is 23.1 Å². The number of hydrogen-bond acceptors (Lipinski definition) is 8. The third-order valence-electron chi connectivity index (χ3n) is 4.19. The second-order valence-corrected chi connectivity index (χ2v) is 6.81. The molecule has 0 aromatic carbocycles. The standard InChI is InChI=1S/C17H21N3O4S/c1-2-23-15(22)9-14(21)10-20-6-3-12(4-7-20)16-18-19-17(24-16)13-5-8-25-11-13/h5,8,11-12H,2-4,6-7,9-10H2,1H3. The number of aromatic nitrogens is 2. The molecule has 0 radical (unpaired) electrons. The molecule has 0 N–H and O–H groups in total. The lowest BCUT2D eigenvalue weighted by atomic mass is 9.96. The molecule has 2 aromatic heterocycles. The maximum atomic E-state index is 11.9. The second kappa shape index (κ2) is 8.35. The molecule has 3 rings (SSSR count). The highest BCUT2D eigenvalue weighted by Gasteiger charge is 2.26. The summed E-state index contributed by atoms with van der Waals surface area (Å²) in [6, 6.07) is 1.96. The van der Waals surface area contributed by atoms with E-state index in [1.54, 1.807) is 18.3 Å². The molecule has 25 heavy (non-hydrogen) atoms. The van der Waals surface area contributed by atoms with E-state index < -0.39 is 5.97 Å². The van der Waals surface area contributed by atoms with Crippen molar-refractivity contribution in [2.45, 2.75) is 32.1 Å². The lowest BCUT2D eigenvalue weighted by Crippen LogP contribution is -2.37. The molecule has 0 atom stereocenters. The molecule has 3 heterocycles. The molecule has 0 amide bonds. The van der Waals surface area contributed by atoms with Crippen molar-refractivity contribution in [2.24, 2.45) is 0 Å². The highest BCUT2D eigenvalue weighted by molar-refractivity contribution is 7.08. The van der Waals surface area contributed by atoms with E-state index in [2.05, 4.69) is 15.1 Å². The van der Waals surface area contributed by atoms with Crippen molar-refractivity contribution in [2.75, 3.05) is 26.2 Å². The SMILES string of the molecule is CCOC(=O)CC(=O)CN1CCC(c2nnc(-c3ccsc3)o2)CC1. The van der Waals surface area contributed by atoms with Gasteiger partial charge in [0, 0.05) is 16.9 Å². The number of ketones is 1. The molecule has 1 fully saturated rings. The molecular formula is C17H21N3O4S. The topological polar surface area (TPSA) is 85.5 Å². The van der Waals surface area contributed by atoms with E-state index in [4.69, 9.17) is 9.15 Å². The van der Waals surface area contributed by atoms with Gasteiger partial charge < -0.3 is 9.15 Å². The van der Waals surface area contributed by atoms with Crippen molar-refractivity contribution in [3.63, 3.8) is 0 Å². The minimum Gasteiger partial charge on any atom is -0.466 e. The monoisotopic (exact) mass is 363 g/mol. The summed E-state index contributed by atoms with van der Waals surface area (Å²) in [6.45, 7) is 3.86. The van der Waals surface area contributed by atoms with E-state index in [1.165, 1.54) is 0 Å². The minimum atomic E-state index is -0.450. The molecule has 1 saturated heterocycles. The molecular weight excluding hydrogens is 342 g/mol. The Hall–Kier alpha value is -2.06. The molecule has 0 bridgehead atoms. The number of ether oxygens (including phenoxy) is 1. The number of Topliss-reactive ketones (excluding diaryl/α,β-unsaturated/α-hetero) is 1. The summed E-state index contributed by atoms with van der Waals surface area (Å²) in [5.41, 5.74) is 0.950. The van der Waals surface area contributed by atoms with Gasteiger partial charge in [-0.3, -0.25) is 14.5 Å². The Morgan fingerprint density at radius 1 is 1.36 bits per heavy atom. The molecule has 1 aliphatic heterocycles. The fourth-order valence-corrected chi connectivity index (χ4v) is 3.55. The van der Waals surface area contributed by atoms with Crippen LogP contribution in [0.25, 0.3) is 11.5 Å². The van der Waals surface area contributed by atoms with Gasteiger partial charge in [0.15, 0.2) is 5.78 Å². The van der Waals surface area contributed by atoms with E-state index in [0.717, 1.165) is 31.5 Å². The number of esters is 1. The van der Waals surface area contributed by atoms with E-state index in [-0.39, 0.29) is 24.7 Å². The molecule has 134 valence electrons. The van der Waals surface area contributed by atoms with Gasteiger partial charge in [-0.25, -0.2) is 0 Å². The van der Waals surface area contributed by atoms with Crippen LogP contribution in [0.4, 0.5) is 0 Å². The number of carbonyl (C=O) groups excluding carboxylic acids is 2. The maximum Gasteiger partial charge on any atom is 0.313 e. The molecule has 2 aromatic rings. The first-order valence-electron chi connectivity index (χ1n) is 8.41. The van der Waals surface area contributed by atoms with Crippen molar-refractivity contribution in [1.82, 2.24) is 15.1 Å². The van der Waals surface area contributed by atoms with Crippen molar-refractivity contribution in [1.29, 1.82) is 0 Å². The van der Waals surface area contributed by atoms with Crippen molar-refractivity contribution < 1.29 is 18.7 Å². The van der Waals surface area contributed by atoms with Crippen LogP contribution in [0.1, 0.15) is 38.0 Å². The molecule has 1 aliphatic rings. The summed E-state index contributed by atoms with van der Waals surface area (Å²) < 4.78 is 10.6. The zero-order valence-corrected chi connectivity index (χ0v) is 15.0. The summed E-state index contributed by atoms with van der Waals surface area (Å²) in [4.78, 5) is 25.3. The van der Waals surface area contributed by atoms with Gasteiger partial charge in [0.05, 0.1) is 13.2 Å². The van der Waals surface area contributed by atoms with Gasteiger partial charge in [0.1, 0.15) is 6.42 Å². The Labute approximate surface area is 150 Å². The van der Waals surface area contributed by atoms with Gasteiger partial charge >= 0.3 is 5.97 Å². The fraction of sp³-hybridized carbons (Fsp3) is 0.529. The number of piperidine rings is 1. The Balaban J connectivity index is 1.47. The Morgan fingerprint density at radius 3 is 2.84 bits per heavy atom. The molecule has 0 spiro atoms.